The van der Waals surface area contributed by atoms with Gasteiger partial charge in [-0.05, 0) is 37.6 Å². The number of hydrogen-bond donors (Lipinski definition) is 1. The van der Waals surface area contributed by atoms with E-state index in [9.17, 15) is 14.4 Å². The van der Waals surface area contributed by atoms with Gasteiger partial charge in [-0.25, -0.2) is 0 Å². The molecule has 0 radical (unpaired) electrons. The molecule has 2 heterocycles. The van der Waals surface area contributed by atoms with Crippen molar-refractivity contribution in [2.45, 2.75) is 45.8 Å². The molecule has 0 aliphatic carbocycles. The highest BCUT2D eigenvalue weighted by Crippen LogP contribution is 2.27. The number of amides is 3. The van der Waals surface area contributed by atoms with Crippen molar-refractivity contribution in [3.05, 3.63) is 53.9 Å². The Hall–Kier alpha value is -3.46. The fraction of sp³-hybridized carbons (Fsp3) is 0.481. The lowest BCUT2D eigenvalue weighted by molar-refractivity contribution is -0.116. The molecule has 2 aromatic rings. The molecule has 3 amide bonds. The van der Waals surface area contributed by atoms with Crippen molar-refractivity contribution in [1.29, 1.82) is 0 Å². The molecule has 3 rings (SSSR count). The molecule has 194 valence electrons. The fourth-order valence-corrected chi connectivity index (χ4v) is 4.24. The number of anilines is 1. The molecule has 0 saturated heterocycles. The largest absolute Gasteiger partial charge is 0.491 e. The average Bonchev–Trinajstić information content (AvgIpc) is 2.88. The summed E-state index contributed by atoms with van der Waals surface area (Å²) in [6.45, 7) is 6.77. The lowest BCUT2D eigenvalue weighted by Gasteiger charge is -2.36. The van der Waals surface area contributed by atoms with Gasteiger partial charge < -0.3 is 24.6 Å². The highest BCUT2D eigenvalue weighted by Gasteiger charge is 2.31. The van der Waals surface area contributed by atoms with E-state index in [1.165, 1.54) is 0 Å². The van der Waals surface area contributed by atoms with E-state index in [2.05, 4.69) is 10.3 Å². The van der Waals surface area contributed by atoms with Crippen LogP contribution in [0.5, 0.6) is 5.75 Å². The van der Waals surface area contributed by atoms with Gasteiger partial charge in [-0.1, -0.05) is 13.8 Å². The van der Waals surface area contributed by atoms with Crippen molar-refractivity contribution in [2.75, 3.05) is 39.2 Å². The summed E-state index contributed by atoms with van der Waals surface area (Å²) in [6, 6.07) is 8.19. The first-order valence-electron chi connectivity index (χ1n) is 12.3. The number of nitrogens with zero attached hydrogens (tertiary/aromatic N) is 3. The van der Waals surface area contributed by atoms with Gasteiger partial charge in [0.1, 0.15) is 12.4 Å². The predicted octanol–water partition coefficient (Wildman–Crippen LogP) is 3.47. The van der Waals surface area contributed by atoms with E-state index in [1.54, 1.807) is 66.7 Å². The number of aromatic nitrogens is 1. The maximum absolute atomic E-state index is 13.4. The van der Waals surface area contributed by atoms with Crippen molar-refractivity contribution in [3.63, 3.8) is 0 Å². The number of methoxy groups -OCH3 is 1. The van der Waals surface area contributed by atoms with Crippen LogP contribution in [0, 0.1) is 5.92 Å². The van der Waals surface area contributed by atoms with Gasteiger partial charge in [-0.15, -0.1) is 0 Å². The van der Waals surface area contributed by atoms with E-state index < -0.39 is 0 Å². The van der Waals surface area contributed by atoms with Crippen LogP contribution >= 0.6 is 0 Å². The third-order valence-electron chi connectivity index (χ3n) is 6.38. The van der Waals surface area contributed by atoms with Crippen molar-refractivity contribution in [2.24, 2.45) is 5.92 Å². The van der Waals surface area contributed by atoms with Crippen molar-refractivity contribution in [1.82, 2.24) is 14.8 Å². The molecule has 1 aliphatic heterocycles. The van der Waals surface area contributed by atoms with Crippen molar-refractivity contribution >= 4 is 23.4 Å². The summed E-state index contributed by atoms with van der Waals surface area (Å²) in [5.74, 6) is -0.161. The second kappa shape index (κ2) is 12.5. The SMILES string of the molecule is CCCC(=O)Nc1ccc2c(c1)OC[C@H](C)N(C(=O)c1cccnc1)C[C@H](C)[C@@H](OC)CN(C)C2=O. The van der Waals surface area contributed by atoms with E-state index >= 15 is 0 Å². The van der Waals surface area contributed by atoms with E-state index in [0.29, 0.717) is 42.1 Å². The van der Waals surface area contributed by atoms with Crippen LogP contribution in [0.2, 0.25) is 0 Å². The Bertz CT molecular complexity index is 1060. The number of ether oxygens (including phenoxy) is 2. The summed E-state index contributed by atoms with van der Waals surface area (Å²) >= 11 is 0. The Morgan fingerprint density at radius 3 is 2.67 bits per heavy atom. The van der Waals surface area contributed by atoms with Crippen molar-refractivity contribution < 1.29 is 23.9 Å². The number of likely N-dealkylation sites (N-methyl/N-ethyl adjacent to an activating group) is 1. The summed E-state index contributed by atoms with van der Waals surface area (Å²) < 4.78 is 11.9. The second-order valence-corrected chi connectivity index (χ2v) is 9.31. The molecule has 9 heteroatoms. The summed E-state index contributed by atoms with van der Waals surface area (Å²) in [5, 5.41) is 2.85. The van der Waals surface area contributed by atoms with Crippen LogP contribution in [0.25, 0.3) is 0 Å². The minimum absolute atomic E-state index is 0.0524. The van der Waals surface area contributed by atoms with Crippen LogP contribution in [0.15, 0.2) is 42.7 Å². The molecular weight excluding hydrogens is 460 g/mol. The van der Waals surface area contributed by atoms with E-state index in [1.807, 2.05) is 20.8 Å². The smallest absolute Gasteiger partial charge is 0.257 e. The first-order valence-corrected chi connectivity index (χ1v) is 12.3. The molecule has 9 nitrogen and oxygen atoms in total. The van der Waals surface area contributed by atoms with Crippen LogP contribution in [0.4, 0.5) is 5.69 Å². The molecular formula is C27H36N4O5. The third-order valence-corrected chi connectivity index (χ3v) is 6.38. The number of pyridine rings is 1. The zero-order valence-corrected chi connectivity index (χ0v) is 21.7. The molecule has 0 spiro atoms. The molecule has 0 bridgehead atoms. The van der Waals surface area contributed by atoms with Gasteiger partial charge in [0, 0.05) is 63.7 Å². The number of carbonyl (C=O) groups excluding carboxylic acids is 3. The number of rotatable bonds is 5. The molecule has 0 fully saturated rings. The summed E-state index contributed by atoms with van der Waals surface area (Å²) in [7, 11) is 3.33. The monoisotopic (exact) mass is 496 g/mol. The van der Waals surface area contributed by atoms with Gasteiger partial charge >= 0.3 is 0 Å². The number of carbonyl (C=O) groups is 3. The Morgan fingerprint density at radius 2 is 2.00 bits per heavy atom. The Labute approximate surface area is 212 Å². The summed E-state index contributed by atoms with van der Waals surface area (Å²) in [6.07, 6.45) is 4.03. The number of nitrogens with one attached hydrogen (secondary N) is 1. The predicted molar refractivity (Wildman–Crippen MR) is 137 cm³/mol. The van der Waals surface area contributed by atoms with E-state index in [0.717, 1.165) is 6.42 Å². The minimum Gasteiger partial charge on any atom is -0.491 e. The third kappa shape index (κ3) is 6.60. The molecule has 0 unspecified atom stereocenters. The molecule has 1 aliphatic rings. The Morgan fingerprint density at radius 1 is 1.22 bits per heavy atom. The maximum atomic E-state index is 13.4. The number of hydrogen-bond acceptors (Lipinski definition) is 6. The van der Waals surface area contributed by atoms with E-state index in [4.69, 9.17) is 9.47 Å². The first-order chi connectivity index (χ1) is 17.2. The van der Waals surface area contributed by atoms with Gasteiger partial charge in [0.2, 0.25) is 5.91 Å². The maximum Gasteiger partial charge on any atom is 0.257 e. The van der Waals surface area contributed by atoms with Crippen LogP contribution in [0.3, 0.4) is 0 Å². The molecule has 1 N–H and O–H groups in total. The van der Waals surface area contributed by atoms with Gasteiger partial charge in [-0.2, -0.15) is 0 Å². The van der Waals surface area contributed by atoms with Gasteiger partial charge in [0.05, 0.1) is 23.3 Å². The van der Waals surface area contributed by atoms with Crippen LogP contribution < -0.4 is 10.1 Å². The molecule has 0 saturated carbocycles. The zero-order chi connectivity index (χ0) is 26.2. The fourth-order valence-electron chi connectivity index (χ4n) is 4.24. The van der Waals surface area contributed by atoms with Crippen LogP contribution in [-0.4, -0.2) is 78.5 Å². The number of fused-ring (bicyclic) bond motifs is 1. The van der Waals surface area contributed by atoms with Crippen molar-refractivity contribution in [3.8, 4) is 5.75 Å². The van der Waals surface area contributed by atoms with Crippen LogP contribution in [-0.2, 0) is 9.53 Å². The van der Waals surface area contributed by atoms with Gasteiger partial charge in [0.25, 0.3) is 11.8 Å². The van der Waals surface area contributed by atoms with Gasteiger partial charge in [0.15, 0.2) is 0 Å². The Kier molecular flexibility index (Phi) is 9.41. The lowest BCUT2D eigenvalue weighted by atomic mass is 10.0. The standard InChI is InChI=1S/C27H36N4O5/c1-6-8-25(32)29-21-10-11-22-23(13-21)36-17-19(3)31(26(33)20-9-7-12-28-14-20)15-18(2)24(35-5)16-30(4)27(22)34/h7,9-14,18-19,24H,6,8,15-17H2,1-5H3,(H,29,32)/t18-,19-,24-/m0/s1. The molecule has 1 aromatic heterocycles. The number of benzene rings is 1. The molecule has 1 aromatic carbocycles. The molecule has 3 atom stereocenters. The minimum atomic E-state index is -0.309. The van der Waals surface area contributed by atoms with Crippen LogP contribution in [0.1, 0.15) is 54.3 Å². The lowest BCUT2D eigenvalue weighted by Crippen LogP contribution is -2.48. The highest BCUT2D eigenvalue weighted by atomic mass is 16.5. The highest BCUT2D eigenvalue weighted by molar-refractivity contribution is 5.98. The summed E-state index contributed by atoms with van der Waals surface area (Å²) in [4.78, 5) is 46.3. The Balaban J connectivity index is 1.97. The van der Waals surface area contributed by atoms with E-state index in [-0.39, 0.29) is 42.4 Å². The molecule has 36 heavy (non-hydrogen) atoms. The summed E-state index contributed by atoms with van der Waals surface area (Å²) in [5.41, 5.74) is 1.42. The first kappa shape index (κ1) is 27.1. The zero-order valence-electron chi connectivity index (χ0n) is 21.7. The average molecular weight is 497 g/mol. The quantitative estimate of drug-likeness (QED) is 0.680. The normalized spacial score (nSPS) is 21.0. The van der Waals surface area contributed by atoms with Gasteiger partial charge in [-0.3, -0.25) is 19.4 Å². The topological polar surface area (TPSA) is 101 Å². The second-order valence-electron chi connectivity index (χ2n) is 9.31.